The standard InChI is InChI=1S/C11H6F3NO2/c12-11(13,14)10-8-4-2-1-3-7(8)5-6-9(10)15(16)17/h1-6H. The lowest BCUT2D eigenvalue weighted by molar-refractivity contribution is -0.387. The second-order valence-electron chi connectivity index (χ2n) is 3.44. The van der Waals surface area contributed by atoms with E-state index in [1.165, 1.54) is 24.3 Å². The quantitative estimate of drug-likeness (QED) is 0.563. The topological polar surface area (TPSA) is 43.1 Å². The molecular formula is C11H6F3NO2. The van der Waals surface area contributed by atoms with Crippen LogP contribution >= 0.6 is 0 Å². The molecule has 0 aliphatic rings. The fourth-order valence-electron chi connectivity index (χ4n) is 1.71. The number of hydrogen-bond donors (Lipinski definition) is 0. The lowest BCUT2D eigenvalue weighted by Crippen LogP contribution is -2.09. The summed E-state index contributed by atoms with van der Waals surface area (Å²) in [4.78, 5) is 9.60. The van der Waals surface area contributed by atoms with Crippen LogP contribution < -0.4 is 0 Å². The Kier molecular flexibility index (Phi) is 2.49. The lowest BCUT2D eigenvalue weighted by atomic mass is 10.0. The summed E-state index contributed by atoms with van der Waals surface area (Å²) in [6.07, 6.45) is -4.75. The predicted molar refractivity (Wildman–Crippen MR) is 55.6 cm³/mol. The van der Waals surface area contributed by atoms with Gasteiger partial charge >= 0.3 is 6.18 Å². The van der Waals surface area contributed by atoms with Gasteiger partial charge in [-0.3, -0.25) is 10.1 Å². The Morgan fingerprint density at radius 3 is 2.29 bits per heavy atom. The number of rotatable bonds is 1. The van der Waals surface area contributed by atoms with Crippen molar-refractivity contribution >= 4 is 16.5 Å². The van der Waals surface area contributed by atoms with E-state index in [9.17, 15) is 23.3 Å². The van der Waals surface area contributed by atoms with Gasteiger partial charge in [0.1, 0.15) is 5.56 Å². The Morgan fingerprint density at radius 1 is 1.06 bits per heavy atom. The molecule has 0 bridgehead atoms. The largest absolute Gasteiger partial charge is 0.423 e. The molecule has 0 unspecified atom stereocenters. The number of nitrogens with zero attached hydrogens (tertiary/aromatic N) is 1. The van der Waals surface area contributed by atoms with Crippen molar-refractivity contribution in [2.45, 2.75) is 6.18 Å². The number of nitro benzene ring substituents is 1. The molecule has 0 aromatic heterocycles. The van der Waals surface area contributed by atoms with Crippen LogP contribution in [0.4, 0.5) is 18.9 Å². The zero-order valence-corrected chi connectivity index (χ0v) is 8.36. The van der Waals surface area contributed by atoms with E-state index < -0.39 is 22.4 Å². The molecule has 0 N–H and O–H groups in total. The summed E-state index contributed by atoms with van der Waals surface area (Å²) >= 11 is 0. The minimum absolute atomic E-state index is 0.158. The second kappa shape index (κ2) is 3.73. The van der Waals surface area contributed by atoms with Crippen molar-refractivity contribution in [3.05, 3.63) is 52.1 Å². The highest BCUT2D eigenvalue weighted by molar-refractivity contribution is 5.89. The van der Waals surface area contributed by atoms with E-state index >= 15 is 0 Å². The average molecular weight is 241 g/mol. The molecule has 88 valence electrons. The molecule has 0 aliphatic carbocycles. The first-order valence-corrected chi connectivity index (χ1v) is 4.64. The summed E-state index contributed by atoms with van der Waals surface area (Å²) in [6.45, 7) is 0. The molecule has 0 amide bonds. The van der Waals surface area contributed by atoms with Crippen LogP contribution in [0.2, 0.25) is 0 Å². The molecule has 3 nitrogen and oxygen atoms in total. The number of alkyl halides is 3. The van der Waals surface area contributed by atoms with Gasteiger partial charge in [-0.2, -0.15) is 13.2 Å². The Hall–Kier alpha value is -2.11. The van der Waals surface area contributed by atoms with Gasteiger partial charge in [0.2, 0.25) is 0 Å². The van der Waals surface area contributed by atoms with Crippen molar-refractivity contribution in [1.82, 2.24) is 0 Å². The van der Waals surface area contributed by atoms with Gasteiger partial charge in [-0.15, -0.1) is 0 Å². The Morgan fingerprint density at radius 2 is 1.71 bits per heavy atom. The van der Waals surface area contributed by atoms with Crippen LogP contribution in [0.15, 0.2) is 36.4 Å². The molecule has 0 saturated heterocycles. The molecule has 0 atom stereocenters. The number of hydrogen-bond acceptors (Lipinski definition) is 2. The Bertz CT molecular complexity index is 593. The minimum atomic E-state index is -4.75. The number of nitro groups is 1. The van der Waals surface area contributed by atoms with Crippen molar-refractivity contribution in [2.24, 2.45) is 0 Å². The van der Waals surface area contributed by atoms with Gasteiger partial charge in [-0.05, 0) is 11.5 Å². The van der Waals surface area contributed by atoms with Crippen molar-refractivity contribution in [2.75, 3.05) is 0 Å². The van der Waals surface area contributed by atoms with Gasteiger partial charge in [0.25, 0.3) is 5.69 Å². The van der Waals surface area contributed by atoms with E-state index in [0.717, 1.165) is 6.07 Å². The van der Waals surface area contributed by atoms with Crippen LogP contribution in [0.1, 0.15) is 5.56 Å². The van der Waals surface area contributed by atoms with E-state index in [2.05, 4.69) is 0 Å². The molecule has 0 radical (unpaired) electrons. The van der Waals surface area contributed by atoms with Crippen LogP contribution in [-0.4, -0.2) is 4.92 Å². The molecule has 0 heterocycles. The number of fused-ring (bicyclic) bond motifs is 1. The van der Waals surface area contributed by atoms with Crippen LogP contribution in [0.3, 0.4) is 0 Å². The maximum absolute atomic E-state index is 12.8. The third-order valence-corrected chi connectivity index (χ3v) is 2.39. The Balaban J connectivity index is 2.90. The summed E-state index contributed by atoms with van der Waals surface area (Å²) in [5, 5.41) is 10.8. The van der Waals surface area contributed by atoms with E-state index in [1.807, 2.05) is 0 Å². The summed E-state index contributed by atoms with van der Waals surface area (Å²) in [7, 11) is 0. The predicted octanol–water partition coefficient (Wildman–Crippen LogP) is 3.77. The van der Waals surface area contributed by atoms with Crippen molar-refractivity contribution in [3.8, 4) is 0 Å². The van der Waals surface area contributed by atoms with Gasteiger partial charge in [0.05, 0.1) is 4.92 Å². The van der Waals surface area contributed by atoms with E-state index in [4.69, 9.17) is 0 Å². The highest BCUT2D eigenvalue weighted by Gasteiger charge is 2.39. The van der Waals surface area contributed by atoms with E-state index in [1.54, 1.807) is 6.07 Å². The zero-order valence-electron chi connectivity index (χ0n) is 8.36. The lowest BCUT2D eigenvalue weighted by Gasteiger charge is -2.10. The molecule has 2 aromatic carbocycles. The summed E-state index contributed by atoms with van der Waals surface area (Å²) < 4.78 is 38.5. The molecule has 0 fully saturated rings. The SMILES string of the molecule is O=[N+]([O-])c1ccc2ccccc2c1C(F)(F)F. The monoisotopic (exact) mass is 241 g/mol. The smallest absolute Gasteiger partial charge is 0.258 e. The fourth-order valence-corrected chi connectivity index (χ4v) is 1.71. The Labute approximate surface area is 93.6 Å². The first-order chi connectivity index (χ1) is 7.91. The zero-order chi connectivity index (χ0) is 12.6. The van der Waals surface area contributed by atoms with Crippen molar-refractivity contribution in [3.63, 3.8) is 0 Å². The molecule has 6 heteroatoms. The highest BCUT2D eigenvalue weighted by atomic mass is 19.4. The molecule has 2 rings (SSSR count). The van der Waals surface area contributed by atoms with Gasteiger partial charge in [0.15, 0.2) is 0 Å². The van der Waals surface area contributed by atoms with Crippen LogP contribution in [0.25, 0.3) is 10.8 Å². The highest BCUT2D eigenvalue weighted by Crippen LogP contribution is 2.40. The fraction of sp³-hybridized carbons (Fsp3) is 0.0909. The van der Waals surface area contributed by atoms with Crippen LogP contribution in [-0.2, 0) is 6.18 Å². The summed E-state index contributed by atoms with van der Waals surface area (Å²) in [6, 6.07) is 7.89. The third kappa shape index (κ3) is 1.93. The molecular weight excluding hydrogens is 235 g/mol. The van der Waals surface area contributed by atoms with Gasteiger partial charge in [-0.1, -0.05) is 24.3 Å². The summed E-state index contributed by atoms with van der Waals surface area (Å²) in [5.41, 5.74) is -2.11. The average Bonchev–Trinajstić information content (AvgIpc) is 2.26. The normalized spacial score (nSPS) is 11.7. The number of benzene rings is 2. The maximum Gasteiger partial charge on any atom is 0.423 e. The minimum Gasteiger partial charge on any atom is -0.258 e. The van der Waals surface area contributed by atoms with Gasteiger partial charge in [-0.25, -0.2) is 0 Å². The van der Waals surface area contributed by atoms with Crippen LogP contribution in [0, 0.1) is 10.1 Å². The van der Waals surface area contributed by atoms with Crippen molar-refractivity contribution in [1.29, 1.82) is 0 Å². The van der Waals surface area contributed by atoms with Gasteiger partial charge in [0, 0.05) is 11.5 Å². The molecule has 17 heavy (non-hydrogen) atoms. The molecule has 2 aromatic rings. The first kappa shape index (κ1) is 11.4. The van der Waals surface area contributed by atoms with E-state index in [0.29, 0.717) is 5.39 Å². The molecule has 0 spiro atoms. The third-order valence-electron chi connectivity index (χ3n) is 2.39. The molecule has 0 aliphatic heterocycles. The first-order valence-electron chi connectivity index (χ1n) is 4.64. The van der Waals surface area contributed by atoms with Gasteiger partial charge < -0.3 is 0 Å². The second-order valence-corrected chi connectivity index (χ2v) is 3.44. The van der Waals surface area contributed by atoms with E-state index in [-0.39, 0.29) is 5.39 Å². The molecule has 0 saturated carbocycles. The van der Waals surface area contributed by atoms with Crippen molar-refractivity contribution < 1.29 is 18.1 Å². The number of halogens is 3. The maximum atomic E-state index is 12.8. The van der Waals surface area contributed by atoms with Crippen LogP contribution in [0.5, 0.6) is 0 Å². The summed E-state index contributed by atoms with van der Waals surface area (Å²) in [5.74, 6) is 0.